The number of likely N-dealkylation sites (N-methyl/N-ethyl adjacent to an activating group) is 1. The second-order valence-corrected chi connectivity index (χ2v) is 6.39. The van der Waals surface area contributed by atoms with E-state index in [2.05, 4.69) is 29.2 Å². The molecule has 2 N–H and O–H groups in total. The standard InChI is InChI=1S/C17H25N3O/c1-19(16(10-18)14-6-7-14)12-17(21)20-9-8-13-4-2-3-5-15(13)11-20/h2-5,14,16H,6-12,18H2,1H3. The Labute approximate surface area is 126 Å². The van der Waals surface area contributed by atoms with Gasteiger partial charge in [-0.05, 0) is 43.4 Å². The summed E-state index contributed by atoms with van der Waals surface area (Å²) in [5.41, 5.74) is 8.54. The van der Waals surface area contributed by atoms with Gasteiger partial charge in [0.1, 0.15) is 0 Å². The van der Waals surface area contributed by atoms with Crippen LogP contribution in [0.5, 0.6) is 0 Å². The minimum Gasteiger partial charge on any atom is -0.337 e. The van der Waals surface area contributed by atoms with Gasteiger partial charge >= 0.3 is 0 Å². The maximum atomic E-state index is 12.5. The zero-order chi connectivity index (χ0) is 14.8. The van der Waals surface area contributed by atoms with Crippen molar-refractivity contribution >= 4 is 5.91 Å². The van der Waals surface area contributed by atoms with E-state index in [-0.39, 0.29) is 5.91 Å². The van der Waals surface area contributed by atoms with Crippen molar-refractivity contribution in [3.8, 4) is 0 Å². The average Bonchev–Trinajstić information content (AvgIpc) is 3.32. The lowest BCUT2D eigenvalue weighted by Crippen LogP contribution is -2.47. The van der Waals surface area contributed by atoms with Gasteiger partial charge in [0.15, 0.2) is 0 Å². The summed E-state index contributed by atoms with van der Waals surface area (Å²) in [6.45, 7) is 2.72. The Morgan fingerprint density at radius 1 is 1.38 bits per heavy atom. The van der Waals surface area contributed by atoms with E-state index in [0.717, 1.165) is 19.5 Å². The molecule has 2 aliphatic rings. The monoisotopic (exact) mass is 287 g/mol. The van der Waals surface area contributed by atoms with Crippen LogP contribution in [-0.4, -0.2) is 48.4 Å². The molecule has 4 nitrogen and oxygen atoms in total. The molecule has 0 bridgehead atoms. The SMILES string of the molecule is CN(CC(=O)N1CCc2ccccc2C1)C(CN)C1CC1. The lowest BCUT2D eigenvalue weighted by molar-refractivity contribution is -0.133. The van der Waals surface area contributed by atoms with Crippen molar-refractivity contribution in [1.29, 1.82) is 0 Å². The van der Waals surface area contributed by atoms with Gasteiger partial charge in [-0.1, -0.05) is 24.3 Å². The van der Waals surface area contributed by atoms with Crippen LogP contribution in [0.25, 0.3) is 0 Å². The maximum absolute atomic E-state index is 12.5. The van der Waals surface area contributed by atoms with Crippen LogP contribution in [0.3, 0.4) is 0 Å². The Kier molecular flexibility index (Phi) is 4.27. The molecule has 1 aromatic carbocycles. The fourth-order valence-corrected chi connectivity index (χ4v) is 3.35. The van der Waals surface area contributed by atoms with Gasteiger partial charge in [0, 0.05) is 25.7 Å². The molecule has 1 aromatic rings. The summed E-state index contributed by atoms with van der Waals surface area (Å²) in [5, 5.41) is 0. The number of carbonyl (C=O) groups excluding carboxylic acids is 1. The van der Waals surface area contributed by atoms with E-state index in [1.54, 1.807) is 0 Å². The number of hydrogen-bond acceptors (Lipinski definition) is 3. The van der Waals surface area contributed by atoms with Gasteiger partial charge in [0.25, 0.3) is 0 Å². The van der Waals surface area contributed by atoms with Crippen LogP contribution in [0.15, 0.2) is 24.3 Å². The highest BCUT2D eigenvalue weighted by Crippen LogP contribution is 2.34. The van der Waals surface area contributed by atoms with Crippen molar-refractivity contribution in [3.05, 3.63) is 35.4 Å². The number of carbonyl (C=O) groups is 1. The van der Waals surface area contributed by atoms with Gasteiger partial charge in [-0.15, -0.1) is 0 Å². The van der Waals surface area contributed by atoms with Crippen LogP contribution >= 0.6 is 0 Å². The molecule has 0 radical (unpaired) electrons. The lowest BCUT2D eigenvalue weighted by atomic mass is 10.00. The number of nitrogens with zero attached hydrogens (tertiary/aromatic N) is 2. The summed E-state index contributed by atoms with van der Waals surface area (Å²) >= 11 is 0. The molecule has 1 atom stereocenters. The van der Waals surface area contributed by atoms with Crippen LogP contribution in [0.1, 0.15) is 24.0 Å². The number of hydrogen-bond donors (Lipinski definition) is 1. The van der Waals surface area contributed by atoms with E-state index >= 15 is 0 Å². The predicted molar refractivity (Wildman–Crippen MR) is 83.8 cm³/mol. The summed E-state index contributed by atoms with van der Waals surface area (Å²) in [5.74, 6) is 0.931. The molecule has 1 aliphatic heterocycles. The fourth-order valence-electron chi connectivity index (χ4n) is 3.35. The van der Waals surface area contributed by atoms with Crippen molar-refractivity contribution in [2.24, 2.45) is 11.7 Å². The van der Waals surface area contributed by atoms with E-state index in [0.29, 0.717) is 25.0 Å². The second-order valence-electron chi connectivity index (χ2n) is 6.39. The number of benzene rings is 1. The van der Waals surface area contributed by atoms with Crippen LogP contribution in [-0.2, 0) is 17.8 Å². The third-order valence-electron chi connectivity index (χ3n) is 4.84. The fraction of sp³-hybridized carbons (Fsp3) is 0.588. The molecular formula is C17H25N3O. The molecule has 1 fully saturated rings. The highest BCUT2D eigenvalue weighted by molar-refractivity contribution is 5.78. The number of rotatable bonds is 5. The normalized spacial score (nSPS) is 19.5. The van der Waals surface area contributed by atoms with E-state index in [9.17, 15) is 4.79 Å². The molecule has 1 amide bonds. The average molecular weight is 287 g/mol. The molecule has 1 aliphatic carbocycles. The Morgan fingerprint density at radius 2 is 2.10 bits per heavy atom. The number of amides is 1. The molecule has 0 saturated heterocycles. The van der Waals surface area contributed by atoms with Gasteiger partial charge in [0.2, 0.25) is 5.91 Å². The largest absolute Gasteiger partial charge is 0.337 e. The van der Waals surface area contributed by atoms with Gasteiger partial charge < -0.3 is 10.6 Å². The van der Waals surface area contributed by atoms with Crippen molar-refractivity contribution < 1.29 is 4.79 Å². The topological polar surface area (TPSA) is 49.6 Å². The minimum atomic E-state index is 0.228. The Morgan fingerprint density at radius 3 is 2.76 bits per heavy atom. The molecule has 0 spiro atoms. The molecular weight excluding hydrogens is 262 g/mol. The minimum absolute atomic E-state index is 0.228. The highest BCUT2D eigenvalue weighted by Gasteiger charge is 2.34. The van der Waals surface area contributed by atoms with E-state index < -0.39 is 0 Å². The van der Waals surface area contributed by atoms with Crippen molar-refractivity contribution in [1.82, 2.24) is 9.80 Å². The third-order valence-corrected chi connectivity index (χ3v) is 4.84. The lowest BCUT2D eigenvalue weighted by Gasteiger charge is -2.32. The molecule has 1 unspecified atom stereocenters. The molecule has 114 valence electrons. The zero-order valence-electron chi connectivity index (χ0n) is 12.8. The first-order valence-corrected chi connectivity index (χ1v) is 7.94. The van der Waals surface area contributed by atoms with Crippen molar-refractivity contribution in [2.75, 3.05) is 26.7 Å². The van der Waals surface area contributed by atoms with Crippen LogP contribution in [0.4, 0.5) is 0 Å². The number of nitrogens with two attached hydrogens (primary N) is 1. The zero-order valence-corrected chi connectivity index (χ0v) is 12.8. The second kappa shape index (κ2) is 6.16. The third kappa shape index (κ3) is 3.27. The van der Waals surface area contributed by atoms with Crippen LogP contribution in [0, 0.1) is 5.92 Å². The Hall–Kier alpha value is -1.39. The van der Waals surface area contributed by atoms with Gasteiger partial charge in [-0.2, -0.15) is 0 Å². The summed E-state index contributed by atoms with van der Waals surface area (Å²) in [4.78, 5) is 16.7. The first-order chi connectivity index (χ1) is 10.2. The smallest absolute Gasteiger partial charge is 0.237 e. The summed E-state index contributed by atoms with van der Waals surface area (Å²) < 4.78 is 0. The van der Waals surface area contributed by atoms with Gasteiger partial charge in [-0.25, -0.2) is 0 Å². The first kappa shape index (κ1) is 14.5. The molecule has 1 saturated carbocycles. The summed E-state index contributed by atoms with van der Waals surface area (Å²) in [7, 11) is 2.03. The summed E-state index contributed by atoms with van der Waals surface area (Å²) in [6, 6.07) is 8.79. The molecule has 4 heteroatoms. The molecule has 21 heavy (non-hydrogen) atoms. The van der Waals surface area contributed by atoms with Crippen molar-refractivity contribution in [2.45, 2.75) is 31.8 Å². The van der Waals surface area contributed by atoms with E-state index in [1.807, 2.05) is 11.9 Å². The van der Waals surface area contributed by atoms with E-state index in [4.69, 9.17) is 5.73 Å². The van der Waals surface area contributed by atoms with E-state index in [1.165, 1.54) is 24.0 Å². The predicted octanol–water partition coefficient (Wildman–Crippen LogP) is 1.24. The molecule has 1 heterocycles. The van der Waals surface area contributed by atoms with Crippen molar-refractivity contribution in [3.63, 3.8) is 0 Å². The molecule has 0 aromatic heterocycles. The van der Waals surface area contributed by atoms with Crippen LogP contribution in [0.2, 0.25) is 0 Å². The number of fused-ring (bicyclic) bond motifs is 1. The molecule has 3 rings (SSSR count). The quantitative estimate of drug-likeness (QED) is 0.886. The van der Waals surface area contributed by atoms with Gasteiger partial charge in [-0.3, -0.25) is 9.69 Å². The highest BCUT2D eigenvalue weighted by atomic mass is 16.2. The summed E-state index contributed by atoms with van der Waals surface area (Å²) in [6.07, 6.45) is 3.49. The van der Waals surface area contributed by atoms with Crippen LogP contribution < -0.4 is 5.73 Å². The Balaban J connectivity index is 1.59. The van der Waals surface area contributed by atoms with Gasteiger partial charge in [0.05, 0.1) is 6.54 Å². The first-order valence-electron chi connectivity index (χ1n) is 7.94. The maximum Gasteiger partial charge on any atom is 0.237 e. The Bertz CT molecular complexity index is 513.